The molecule has 0 aromatic heterocycles. The van der Waals surface area contributed by atoms with Gasteiger partial charge in [0.2, 0.25) is 35.4 Å². The second-order valence-corrected chi connectivity index (χ2v) is 18.3. The number of nitrogens with two attached hydrogens (primary N) is 2. The molecule has 10 unspecified atom stereocenters. The third-order valence-corrected chi connectivity index (χ3v) is 12.0. The predicted molar refractivity (Wildman–Crippen MR) is 264 cm³/mol. The summed E-state index contributed by atoms with van der Waals surface area (Å²) < 4.78 is 5.81. The van der Waals surface area contributed by atoms with E-state index in [0.29, 0.717) is 12.0 Å². The van der Waals surface area contributed by atoms with E-state index in [1.165, 1.54) is 33.9 Å². The standard InChI is InChI=1S/C49H74N10O12/c1-26(2)23-37-46(66)58-40(48(69)70)30(6)42(62)55-35(17-14-22-52-49(50)51)45(65)54-34(19-18-27(3)24-28(4)38(71-10)25-33-15-12-11-13-16-33)29(5)41(61)56-36(47(67)68)20-21-39(60)59(9)32(8)44(64)53-31(7)43(63)57-37/h11-13,15-16,18-19,24,26,28-31,34-38,40H,8,14,17,20-23,25H2,1-7,9-10H3,(H,53,64)(H,54,65)(H,55,62)(H,56,61)(H,57,63)(H,58,66)(H,67,68)(H,69,70)(H4,50,51,52). The number of nitrogens with one attached hydrogen (secondary N) is 6. The Balaban J connectivity index is 2.73. The molecule has 0 saturated carbocycles. The summed E-state index contributed by atoms with van der Waals surface area (Å²) in [5, 5.41) is 35.5. The van der Waals surface area contributed by atoms with Gasteiger partial charge < -0.3 is 63.2 Å². The van der Waals surface area contributed by atoms with E-state index in [1.54, 1.807) is 34.0 Å². The highest BCUT2D eigenvalue weighted by atomic mass is 16.5. The highest BCUT2D eigenvalue weighted by Crippen LogP contribution is 2.19. The van der Waals surface area contributed by atoms with Crippen molar-refractivity contribution in [2.45, 2.75) is 129 Å². The van der Waals surface area contributed by atoms with Crippen LogP contribution in [0.2, 0.25) is 0 Å². The molecule has 1 aliphatic heterocycles. The molecule has 7 amide bonds. The number of amides is 7. The number of carbonyl (C=O) groups excluding carboxylic acids is 7. The highest BCUT2D eigenvalue weighted by molar-refractivity contribution is 6.00. The van der Waals surface area contributed by atoms with Crippen molar-refractivity contribution in [3.05, 3.63) is 72.0 Å². The molecule has 22 heteroatoms. The fraction of sp³-hybridized carbons (Fsp3) is 0.551. The molecule has 1 heterocycles. The zero-order valence-corrected chi connectivity index (χ0v) is 42.2. The first-order valence-electron chi connectivity index (χ1n) is 23.5. The molecule has 0 radical (unpaired) electrons. The Morgan fingerprint density at radius 1 is 0.845 bits per heavy atom. The molecule has 1 saturated heterocycles. The molecule has 71 heavy (non-hydrogen) atoms. The van der Waals surface area contributed by atoms with E-state index in [4.69, 9.17) is 16.2 Å². The number of guanidine groups is 1. The lowest BCUT2D eigenvalue weighted by Gasteiger charge is -2.28. The number of ether oxygens (including phenoxy) is 1. The van der Waals surface area contributed by atoms with Crippen LogP contribution in [0.3, 0.4) is 0 Å². The number of hydrogen-bond donors (Lipinski definition) is 10. The molecule has 0 spiro atoms. The van der Waals surface area contributed by atoms with Gasteiger partial charge in [-0.3, -0.25) is 38.6 Å². The zero-order chi connectivity index (χ0) is 53.7. The van der Waals surface area contributed by atoms with E-state index in [0.717, 1.165) is 10.5 Å². The van der Waals surface area contributed by atoms with Crippen LogP contribution < -0.4 is 43.4 Å². The number of aliphatic imine (C=N–C) groups is 1. The molecule has 1 aromatic rings. The molecule has 0 aliphatic carbocycles. The van der Waals surface area contributed by atoms with Gasteiger partial charge in [0.1, 0.15) is 35.9 Å². The van der Waals surface area contributed by atoms with Gasteiger partial charge in [-0.2, -0.15) is 0 Å². The number of carbonyl (C=O) groups is 9. The lowest BCUT2D eigenvalue weighted by Crippen LogP contribution is -2.59. The van der Waals surface area contributed by atoms with Crippen LogP contribution in [0.5, 0.6) is 0 Å². The lowest BCUT2D eigenvalue weighted by molar-refractivity contribution is -0.146. The van der Waals surface area contributed by atoms with Gasteiger partial charge in [0.05, 0.1) is 24.0 Å². The molecule has 1 aromatic carbocycles. The quantitative estimate of drug-likeness (QED) is 0.0379. The number of methoxy groups -OCH3 is 1. The number of carboxylic acids is 2. The second kappa shape index (κ2) is 29.2. The summed E-state index contributed by atoms with van der Waals surface area (Å²) in [4.78, 5) is 126. The fourth-order valence-corrected chi connectivity index (χ4v) is 7.46. The van der Waals surface area contributed by atoms with E-state index in [-0.39, 0.29) is 49.7 Å². The fourth-order valence-electron chi connectivity index (χ4n) is 7.46. The van der Waals surface area contributed by atoms with Crippen molar-refractivity contribution in [1.82, 2.24) is 36.8 Å². The summed E-state index contributed by atoms with van der Waals surface area (Å²) in [5.74, 6) is -12.6. The number of benzene rings is 1. The van der Waals surface area contributed by atoms with Crippen LogP contribution in [0.1, 0.15) is 86.1 Å². The van der Waals surface area contributed by atoms with E-state index < -0.39 is 120 Å². The first-order chi connectivity index (χ1) is 33.3. The topological polar surface area (TPSA) is 343 Å². The van der Waals surface area contributed by atoms with E-state index in [1.807, 2.05) is 43.3 Å². The normalized spacial score (nSPS) is 25.3. The molecule has 10 atom stereocenters. The minimum absolute atomic E-state index is 0.00610. The Bertz CT molecular complexity index is 2160. The summed E-state index contributed by atoms with van der Waals surface area (Å²) in [6, 6.07) is 0.998. The predicted octanol–water partition coefficient (Wildman–Crippen LogP) is 0.618. The zero-order valence-electron chi connectivity index (χ0n) is 42.2. The van der Waals surface area contributed by atoms with Crippen LogP contribution in [0.4, 0.5) is 0 Å². The Morgan fingerprint density at radius 3 is 2.03 bits per heavy atom. The Morgan fingerprint density at radius 2 is 1.45 bits per heavy atom. The van der Waals surface area contributed by atoms with Gasteiger partial charge in [0.15, 0.2) is 5.96 Å². The van der Waals surface area contributed by atoms with Crippen molar-refractivity contribution in [3.8, 4) is 0 Å². The van der Waals surface area contributed by atoms with Gasteiger partial charge in [0.25, 0.3) is 5.91 Å². The van der Waals surface area contributed by atoms with Crippen molar-refractivity contribution in [3.63, 3.8) is 0 Å². The Kier molecular flexibility index (Phi) is 24.7. The Labute approximate surface area is 415 Å². The third-order valence-electron chi connectivity index (χ3n) is 12.0. The number of nitrogens with zero attached hydrogens (tertiary/aromatic N) is 2. The summed E-state index contributed by atoms with van der Waals surface area (Å²) in [6.07, 6.45) is 4.64. The van der Waals surface area contributed by atoms with Crippen molar-refractivity contribution >= 4 is 59.2 Å². The average molecular weight is 995 g/mol. The molecule has 12 N–H and O–H groups in total. The van der Waals surface area contributed by atoms with E-state index in [2.05, 4.69) is 43.5 Å². The average Bonchev–Trinajstić information content (AvgIpc) is 3.31. The van der Waals surface area contributed by atoms with Gasteiger partial charge in [0, 0.05) is 33.0 Å². The number of hydrogen-bond acceptors (Lipinski definition) is 11. The van der Waals surface area contributed by atoms with Gasteiger partial charge in [-0.1, -0.05) is 95.3 Å². The number of aliphatic carboxylic acids is 2. The molecule has 0 bridgehead atoms. The first-order valence-corrected chi connectivity index (χ1v) is 23.5. The molecular weight excluding hydrogens is 921 g/mol. The van der Waals surface area contributed by atoms with Crippen molar-refractivity contribution in [1.29, 1.82) is 0 Å². The number of rotatable bonds is 15. The smallest absolute Gasteiger partial charge is 0.327 e. The number of carboxylic acid groups (broad SMARTS) is 2. The third kappa shape index (κ3) is 20.0. The largest absolute Gasteiger partial charge is 0.480 e. The summed E-state index contributed by atoms with van der Waals surface area (Å²) in [5.41, 5.74) is 12.4. The van der Waals surface area contributed by atoms with Crippen molar-refractivity contribution in [2.75, 3.05) is 20.7 Å². The van der Waals surface area contributed by atoms with Gasteiger partial charge in [-0.15, -0.1) is 0 Å². The van der Waals surface area contributed by atoms with Crippen molar-refractivity contribution in [2.24, 2.45) is 40.1 Å². The molecule has 392 valence electrons. The van der Waals surface area contributed by atoms with Crippen LogP contribution in [0, 0.1) is 23.7 Å². The lowest BCUT2D eigenvalue weighted by atomic mass is 9.94. The highest BCUT2D eigenvalue weighted by Gasteiger charge is 2.37. The van der Waals surface area contributed by atoms with Crippen LogP contribution in [-0.2, 0) is 54.3 Å². The minimum atomic E-state index is -1.88. The van der Waals surface area contributed by atoms with Crippen LogP contribution in [0.15, 0.2) is 71.4 Å². The summed E-state index contributed by atoms with van der Waals surface area (Å²) in [7, 11) is 2.82. The first kappa shape index (κ1) is 60.0. The molecule has 22 nitrogen and oxygen atoms in total. The maximum atomic E-state index is 14.4. The number of likely N-dealkylation sites (N-methyl/N-ethyl adjacent to an activating group) is 1. The van der Waals surface area contributed by atoms with E-state index in [9.17, 15) is 53.4 Å². The van der Waals surface area contributed by atoms with Gasteiger partial charge >= 0.3 is 11.9 Å². The summed E-state index contributed by atoms with van der Waals surface area (Å²) in [6.45, 7) is 14.9. The maximum absolute atomic E-state index is 14.4. The Hall–Kier alpha value is -7.10. The van der Waals surface area contributed by atoms with Crippen LogP contribution in [0.25, 0.3) is 0 Å². The van der Waals surface area contributed by atoms with E-state index >= 15 is 0 Å². The molecular formula is C49H74N10O12. The SMILES string of the molecule is C=C1C(=O)NC(C)C(=O)NC(CC(C)C)C(=O)NC(C(=O)O)C(C)C(=O)NC(CCCN=C(N)N)C(=O)NC(C=CC(C)=CC(C)C(Cc2ccccc2)OC)C(C)C(=O)NC(C(=O)O)CCC(=O)N1C. The second-order valence-electron chi connectivity index (χ2n) is 18.3. The number of allylic oxidation sites excluding steroid dienone is 2. The van der Waals surface area contributed by atoms with Crippen LogP contribution in [-0.4, -0.2) is 137 Å². The maximum Gasteiger partial charge on any atom is 0.327 e. The van der Waals surface area contributed by atoms with Crippen molar-refractivity contribution < 1.29 is 58.1 Å². The summed E-state index contributed by atoms with van der Waals surface area (Å²) >= 11 is 0. The monoisotopic (exact) mass is 995 g/mol. The van der Waals surface area contributed by atoms with Crippen LogP contribution >= 0.6 is 0 Å². The molecule has 2 rings (SSSR count). The van der Waals surface area contributed by atoms with Gasteiger partial charge in [-0.25, -0.2) is 9.59 Å². The molecule has 1 aliphatic rings. The molecule has 1 fully saturated rings. The van der Waals surface area contributed by atoms with Gasteiger partial charge in [-0.05, 0) is 57.4 Å². The minimum Gasteiger partial charge on any atom is -0.480 e.